The van der Waals surface area contributed by atoms with Crippen LogP contribution in [0.1, 0.15) is 31.8 Å². The van der Waals surface area contributed by atoms with E-state index in [1.165, 1.54) is 6.07 Å². The van der Waals surface area contributed by atoms with Crippen molar-refractivity contribution in [3.63, 3.8) is 0 Å². The van der Waals surface area contributed by atoms with Crippen molar-refractivity contribution >= 4 is 29.1 Å². The predicted octanol–water partition coefficient (Wildman–Crippen LogP) is 7.96. The van der Waals surface area contributed by atoms with Gasteiger partial charge < -0.3 is 34.3 Å². The van der Waals surface area contributed by atoms with Gasteiger partial charge in [-0.05, 0) is 84.3 Å². The van der Waals surface area contributed by atoms with Crippen LogP contribution < -0.4 is 34.3 Å². The van der Waals surface area contributed by atoms with E-state index in [4.69, 9.17) is 35.3 Å². The summed E-state index contributed by atoms with van der Waals surface area (Å²) in [5, 5.41) is 6.05. The number of hydrogen-bond acceptors (Lipinski definition) is 7. The second-order valence-corrected chi connectivity index (χ2v) is 10.9. The molecule has 48 heavy (non-hydrogen) atoms. The summed E-state index contributed by atoms with van der Waals surface area (Å²) >= 11 is 6.52. The Labute approximate surface area is 284 Å². The summed E-state index contributed by atoms with van der Waals surface area (Å²) < 4.78 is 28.0. The third kappa shape index (κ3) is 8.57. The molecule has 5 rings (SSSR count). The summed E-state index contributed by atoms with van der Waals surface area (Å²) in [5.41, 5.74) is 2.63. The van der Waals surface area contributed by atoms with Gasteiger partial charge in [0.1, 0.15) is 29.6 Å². The zero-order valence-electron chi connectivity index (χ0n) is 26.7. The van der Waals surface area contributed by atoms with E-state index in [0.717, 1.165) is 16.9 Å². The quantitative estimate of drug-likeness (QED) is 0.124. The second kappa shape index (κ2) is 16.2. The first-order valence-electron chi connectivity index (χ1n) is 15.1. The highest BCUT2D eigenvalue weighted by Gasteiger charge is 2.18. The summed E-state index contributed by atoms with van der Waals surface area (Å²) in [6, 6.07) is 32.0. The topological polar surface area (TPSA) is 104 Å². The maximum Gasteiger partial charge on any atom is 0.255 e. The maximum atomic E-state index is 13.5. The van der Waals surface area contributed by atoms with Crippen molar-refractivity contribution < 1.29 is 33.3 Å². The van der Waals surface area contributed by atoms with Gasteiger partial charge in [0, 0.05) is 12.1 Å². The summed E-state index contributed by atoms with van der Waals surface area (Å²) in [6.07, 6.45) is 0.552. The van der Waals surface area contributed by atoms with Crippen LogP contribution in [-0.4, -0.2) is 39.7 Å². The number of carbonyl (C=O) groups excluding carboxylic acids is 2. The number of methoxy groups -OCH3 is 3. The maximum absolute atomic E-state index is 13.5. The van der Waals surface area contributed by atoms with Gasteiger partial charge in [0.2, 0.25) is 0 Å². The number of anilines is 1. The van der Waals surface area contributed by atoms with Crippen LogP contribution in [0.25, 0.3) is 0 Å². The third-order valence-electron chi connectivity index (χ3n) is 7.37. The van der Waals surface area contributed by atoms with Crippen LogP contribution in [0.5, 0.6) is 34.5 Å². The molecule has 5 aromatic carbocycles. The number of benzene rings is 5. The molecular weight excluding hydrogens is 632 g/mol. The molecule has 9 nitrogen and oxygen atoms in total. The molecule has 0 bridgehead atoms. The van der Waals surface area contributed by atoms with Crippen molar-refractivity contribution in [3.05, 3.63) is 136 Å². The first-order valence-corrected chi connectivity index (χ1v) is 15.5. The van der Waals surface area contributed by atoms with Crippen LogP contribution in [0.2, 0.25) is 5.02 Å². The minimum absolute atomic E-state index is 0.221. The predicted molar refractivity (Wildman–Crippen MR) is 185 cm³/mol. The van der Waals surface area contributed by atoms with Gasteiger partial charge in [-0.1, -0.05) is 54.1 Å². The zero-order chi connectivity index (χ0) is 33.9. The molecule has 5 aromatic rings. The van der Waals surface area contributed by atoms with Gasteiger partial charge >= 0.3 is 0 Å². The van der Waals surface area contributed by atoms with Crippen molar-refractivity contribution in [3.8, 4) is 34.5 Å². The van der Waals surface area contributed by atoms with Gasteiger partial charge in [0.15, 0.2) is 11.5 Å². The average Bonchev–Trinajstić information content (AvgIpc) is 3.12. The number of nitrogens with one attached hydrogen (secondary N) is 2. The van der Waals surface area contributed by atoms with Crippen LogP contribution in [-0.2, 0) is 13.0 Å². The van der Waals surface area contributed by atoms with Gasteiger partial charge in [-0.25, -0.2) is 0 Å². The third-order valence-corrected chi connectivity index (χ3v) is 7.67. The minimum atomic E-state index is -0.455. The van der Waals surface area contributed by atoms with Crippen LogP contribution in [0.4, 0.5) is 5.69 Å². The highest BCUT2D eigenvalue weighted by atomic mass is 35.5. The fraction of sp³-hybridized carbons (Fsp3) is 0.158. The molecule has 0 fully saturated rings. The van der Waals surface area contributed by atoms with E-state index in [0.29, 0.717) is 47.4 Å². The number of amides is 2. The number of para-hydroxylation sites is 2. The van der Waals surface area contributed by atoms with Gasteiger partial charge in [-0.3, -0.25) is 9.59 Å². The van der Waals surface area contributed by atoms with E-state index < -0.39 is 5.91 Å². The molecule has 0 aromatic heterocycles. The van der Waals surface area contributed by atoms with E-state index in [1.807, 2.05) is 66.7 Å². The highest BCUT2D eigenvalue weighted by Crippen LogP contribution is 2.31. The molecule has 0 spiro atoms. The monoisotopic (exact) mass is 666 g/mol. The minimum Gasteiger partial charge on any atom is -0.496 e. The molecule has 0 saturated carbocycles. The molecule has 0 radical (unpaired) electrons. The van der Waals surface area contributed by atoms with Gasteiger partial charge in [0.05, 0.1) is 37.6 Å². The molecule has 0 atom stereocenters. The standard InChI is InChI=1S/C38H35ClN2O7/c1-44-33-12-8-7-9-26(33)19-20-40-38(43)30-23-29(48-28-10-5-4-6-11-28)15-16-32(30)41-37(42)27-14-18-34(31(39)22-27)47-24-25-13-17-35(45-2)36(21-25)46-3/h4-18,21-23H,19-20,24H2,1-3H3,(H,40,43)(H,41,42). The van der Waals surface area contributed by atoms with Crippen LogP contribution in [0.3, 0.4) is 0 Å². The Hall–Kier alpha value is -5.67. The molecule has 0 aliphatic rings. The molecule has 2 amide bonds. The lowest BCUT2D eigenvalue weighted by molar-refractivity contribution is 0.0954. The van der Waals surface area contributed by atoms with Gasteiger partial charge in [-0.2, -0.15) is 0 Å². The molecule has 0 heterocycles. The Balaban J connectivity index is 1.30. The van der Waals surface area contributed by atoms with Crippen molar-refractivity contribution in [2.45, 2.75) is 13.0 Å². The van der Waals surface area contributed by atoms with E-state index in [9.17, 15) is 9.59 Å². The number of halogens is 1. The second-order valence-electron chi connectivity index (χ2n) is 10.5. The number of ether oxygens (including phenoxy) is 5. The Kier molecular flexibility index (Phi) is 11.4. The number of rotatable bonds is 14. The van der Waals surface area contributed by atoms with Crippen molar-refractivity contribution in [1.82, 2.24) is 5.32 Å². The first kappa shape index (κ1) is 33.7. The van der Waals surface area contributed by atoms with Gasteiger partial charge in [-0.15, -0.1) is 0 Å². The normalized spacial score (nSPS) is 10.5. The zero-order valence-corrected chi connectivity index (χ0v) is 27.5. The fourth-order valence-electron chi connectivity index (χ4n) is 4.91. The number of carbonyl (C=O) groups is 2. The lowest BCUT2D eigenvalue weighted by atomic mass is 10.1. The number of hydrogen-bond donors (Lipinski definition) is 2. The Morgan fingerprint density at radius 2 is 1.40 bits per heavy atom. The SMILES string of the molecule is COc1ccccc1CCNC(=O)c1cc(Oc2ccccc2)ccc1NC(=O)c1ccc(OCc2ccc(OC)c(OC)c2)c(Cl)c1. The largest absolute Gasteiger partial charge is 0.496 e. The molecule has 0 saturated heterocycles. The summed E-state index contributed by atoms with van der Waals surface area (Å²) in [4.78, 5) is 26.9. The molecule has 246 valence electrons. The first-order chi connectivity index (χ1) is 23.4. The Morgan fingerprint density at radius 3 is 2.15 bits per heavy atom. The van der Waals surface area contributed by atoms with E-state index >= 15 is 0 Å². The van der Waals surface area contributed by atoms with E-state index in [1.54, 1.807) is 57.7 Å². The lowest BCUT2D eigenvalue weighted by Gasteiger charge is -2.15. The molecule has 10 heteroatoms. The van der Waals surface area contributed by atoms with Gasteiger partial charge in [0.25, 0.3) is 11.8 Å². The fourth-order valence-corrected chi connectivity index (χ4v) is 5.14. The molecule has 2 N–H and O–H groups in total. The van der Waals surface area contributed by atoms with Crippen LogP contribution in [0, 0.1) is 0 Å². The molecular formula is C38H35ClN2O7. The van der Waals surface area contributed by atoms with E-state index in [2.05, 4.69) is 10.6 Å². The van der Waals surface area contributed by atoms with Crippen LogP contribution >= 0.6 is 11.6 Å². The Bertz CT molecular complexity index is 1880. The van der Waals surface area contributed by atoms with Crippen molar-refractivity contribution in [2.24, 2.45) is 0 Å². The van der Waals surface area contributed by atoms with E-state index in [-0.39, 0.29) is 28.7 Å². The highest BCUT2D eigenvalue weighted by molar-refractivity contribution is 6.32. The summed E-state index contributed by atoms with van der Waals surface area (Å²) in [7, 11) is 4.75. The lowest BCUT2D eigenvalue weighted by Crippen LogP contribution is -2.27. The van der Waals surface area contributed by atoms with Crippen LogP contribution in [0.15, 0.2) is 109 Å². The van der Waals surface area contributed by atoms with Crippen molar-refractivity contribution in [2.75, 3.05) is 33.2 Å². The summed E-state index contributed by atoms with van der Waals surface area (Å²) in [6.45, 7) is 0.565. The smallest absolute Gasteiger partial charge is 0.255 e. The average molecular weight is 667 g/mol. The summed E-state index contributed by atoms with van der Waals surface area (Å²) in [5.74, 6) is 2.56. The Morgan fingerprint density at radius 1 is 0.667 bits per heavy atom. The molecule has 0 unspecified atom stereocenters. The molecule has 0 aliphatic carbocycles. The van der Waals surface area contributed by atoms with Crippen molar-refractivity contribution in [1.29, 1.82) is 0 Å². The molecule has 0 aliphatic heterocycles.